The molecular formula is C29H26F3N7O3. The van der Waals surface area contributed by atoms with Crippen molar-refractivity contribution in [3.05, 3.63) is 82.9 Å². The summed E-state index contributed by atoms with van der Waals surface area (Å²) in [5.41, 5.74) is 2.79. The van der Waals surface area contributed by atoms with Crippen LogP contribution < -0.4 is 5.69 Å². The molecule has 2 aliphatic heterocycles. The number of imidazole rings is 1. The van der Waals surface area contributed by atoms with E-state index < -0.39 is 18.1 Å². The Labute approximate surface area is 237 Å². The number of fused-ring (bicyclic) bond motifs is 1. The number of aromatic nitrogens is 6. The summed E-state index contributed by atoms with van der Waals surface area (Å²) in [6, 6.07) is 10.1. The number of piperidine rings is 1. The van der Waals surface area contributed by atoms with E-state index in [0.717, 1.165) is 19.4 Å². The topological polar surface area (TPSA) is 104 Å². The smallest absolute Gasteiger partial charge is 0.329 e. The Balaban J connectivity index is 1.28. The van der Waals surface area contributed by atoms with E-state index in [-0.39, 0.29) is 24.2 Å². The SMILES string of the molecule is O=c1n(Cc2ccc(-c3nnc(C(F)F)o3)cn2)c2cc(F)c(-c3ccncc3)cc2n1[C@@H]1CCCN(C2COC2)C1. The molecule has 1 aromatic carbocycles. The van der Waals surface area contributed by atoms with Gasteiger partial charge in [-0.1, -0.05) is 0 Å². The molecule has 42 heavy (non-hydrogen) atoms. The Kier molecular flexibility index (Phi) is 6.82. The van der Waals surface area contributed by atoms with Gasteiger partial charge in [0.2, 0.25) is 5.89 Å². The lowest BCUT2D eigenvalue weighted by molar-refractivity contribution is -0.0751. The summed E-state index contributed by atoms with van der Waals surface area (Å²) in [5, 5.41) is 7.00. The molecule has 2 fully saturated rings. The number of likely N-dealkylation sites (tertiary alicyclic amines) is 1. The zero-order valence-electron chi connectivity index (χ0n) is 22.4. The lowest BCUT2D eigenvalue weighted by Crippen LogP contribution is -2.53. The molecule has 0 aliphatic carbocycles. The van der Waals surface area contributed by atoms with Gasteiger partial charge in [0.15, 0.2) is 0 Å². The van der Waals surface area contributed by atoms with Crippen LogP contribution in [0.2, 0.25) is 0 Å². The molecule has 0 amide bonds. The van der Waals surface area contributed by atoms with Crippen LogP contribution in [0.25, 0.3) is 33.6 Å². The quantitative estimate of drug-likeness (QED) is 0.279. The van der Waals surface area contributed by atoms with Crippen molar-refractivity contribution in [1.29, 1.82) is 0 Å². The highest BCUT2D eigenvalue weighted by molar-refractivity contribution is 5.83. The summed E-state index contributed by atoms with van der Waals surface area (Å²) in [4.78, 5) is 24.9. The number of ether oxygens (including phenoxy) is 1. The number of hydrogen-bond donors (Lipinski definition) is 0. The van der Waals surface area contributed by atoms with E-state index in [1.54, 1.807) is 47.3 Å². The van der Waals surface area contributed by atoms with Gasteiger partial charge in [0.25, 0.3) is 5.89 Å². The number of hydrogen-bond acceptors (Lipinski definition) is 8. The zero-order valence-corrected chi connectivity index (χ0v) is 22.4. The normalized spacial score (nSPS) is 18.1. The summed E-state index contributed by atoms with van der Waals surface area (Å²) < 4.78 is 55.0. The lowest BCUT2D eigenvalue weighted by atomic mass is 10.0. The second-order valence-electron chi connectivity index (χ2n) is 10.6. The Morgan fingerprint density at radius 2 is 1.83 bits per heavy atom. The molecule has 2 aliphatic rings. The maximum atomic E-state index is 15.6. The first-order chi connectivity index (χ1) is 20.5. The van der Waals surface area contributed by atoms with E-state index in [2.05, 4.69) is 25.1 Å². The van der Waals surface area contributed by atoms with Gasteiger partial charge in [-0.25, -0.2) is 9.18 Å². The van der Waals surface area contributed by atoms with Gasteiger partial charge < -0.3 is 9.15 Å². The van der Waals surface area contributed by atoms with Gasteiger partial charge in [-0.3, -0.25) is 24.0 Å². The number of alkyl halides is 2. The van der Waals surface area contributed by atoms with Crippen molar-refractivity contribution in [3.8, 4) is 22.6 Å². The predicted molar refractivity (Wildman–Crippen MR) is 145 cm³/mol. The number of rotatable bonds is 7. The first-order valence-corrected chi connectivity index (χ1v) is 13.7. The molecule has 10 nitrogen and oxygen atoms in total. The van der Waals surface area contributed by atoms with Crippen molar-refractivity contribution in [3.63, 3.8) is 0 Å². The second-order valence-corrected chi connectivity index (χ2v) is 10.6. The molecule has 5 aromatic rings. The monoisotopic (exact) mass is 577 g/mol. The molecule has 1 atom stereocenters. The minimum atomic E-state index is -2.87. The summed E-state index contributed by atoms with van der Waals surface area (Å²) in [5.74, 6) is -1.30. The largest absolute Gasteiger partial charge is 0.415 e. The summed E-state index contributed by atoms with van der Waals surface area (Å²) >= 11 is 0. The Bertz CT molecular complexity index is 1780. The van der Waals surface area contributed by atoms with Gasteiger partial charge in [-0.15, -0.1) is 10.2 Å². The van der Waals surface area contributed by atoms with Crippen LogP contribution >= 0.6 is 0 Å². The average molecular weight is 578 g/mol. The summed E-state index contributed by atoms with van der Waals surface area (Å²) in [6.07, 6.45) is 3.52. The molecule has 7 rings (SSSR count). The molecule has 0 unspecified atom stereocenters. The third-order valence-electron chi connectivity index (χ3n) is 7.99. The summed E-state index contributed by atoms with van der Waals surface area (Å²) in [6.45, 7) is 3.11. The van der Waals surface area contributed by atoms with Crippen LogP contribution in [0.5, 0.6) is 0 Å². The number of benzene rings is 1. The van der Waals surface area contributed by atoms with E-state index in [1.807, 2.05) is 0 Å². The molecule has 2 saturated heterocycles. The number of pyridine rings is 2. The predicted octanol–water partition coefficient (Wildman–Crippen LogP) is 4.47. The minimum Gasteiger partial charge on any atom is -0.415 e. The van der Waals surface area contributed by atoms with Crippen LogP contribution in [0.1, 0.15) is 36.9 Å². The third kappa shape index (κ3) is 4.77. The fraction of sp³-hybridized carbons (Fsp3) is 0.345. The fourth-order valence-electron chi connectivity index (χ4n) is 5.76. The Morgan fingerprint density at radius 3 is 2.52 bits per heavy atom. The van der Waals surface area contributed by atoms with Gasteiger partial charge in [0.1, 0.15) is 5.82 Å². The highest BCUT2D eigenvalue weighted by atomic mass is 19.3. The second kappa shape index (κ2) is 10.8. The Hall–Kier alpha value is -4.36. The summed E-state index contributed by atoms with van der Waals surface area (Å²) in [7, 11) is 0. The molecule has 0 saturated carbocycles. The molecule has 216 valence electrons. The zero-order chi connectivity index (χ0) is 28.8. The molecule has 0 spiro atoms. The van der Waals surface area contributed by atoms with E-state index in [0.29, 0.717) is 59.2 Å². The first-order valence-electron chi connectivity index (χ1n) is 13.7. The fourth-order valence-corrected chi connectivity index (χ4v) is 5.76. The molecular weight excluding hydrogens is 551 g/mol. The number of halogens is 3. The molecule has 6 heterocycles. The lowest BCUT2D eigenvalue weighted by Gasteiger charge is -2.42. The molecule has 0 N–H and O–H groups in total. The first kappa shape index (κ1) is 26.5. The van der Waals surface area contributed by atoms with E-state index in [4.69, 9.17) is 9.15 Å². The van der Waals surface area contributed by atoms with E-state index in [9.17, 15) is 13.6 Å². The highest BCUT2D eigenvalue weighted by Crippen LogP contribution is 2.32. The van der Waals surface area contributed by atoms with Crippen molar-refractivity contribution in [2.45, 2.75) is 37.9 Å². The average Bonchev–Trinajstić information content (AvgIpc) is 3.57. The van der Waals surface area contributed by atoms with Crippen molar-refractivity contribution in [2.75, 3.05) is 26.3 Å². The minimum absolute atomic E-state index is 0.0790. The van der Waals surface area contributed by atoms with Gasteiger partial charge in [-0.2, -0.15) is 8.78 Å². The van der Waals surface area contributed by atoms with Crippen LogP contribution in [0.15, 0.2) is 64.2 Å². The van der Waals surface area contributed by atoms with Crippen molar-refractivity contribution < 1.29 is 22.3 Å². The van der Waals surface area contributed by atoms with Gasteiger partial charge >= 0.3 is 12.1 Å². The third-order valence-corrected chi connectivity index (χ3v) is 7.99. The van der Waals surface area contributed by atoms with Crippen LogP contribution in [0.3, 0.4) is 0 Å². The van der Waals surface area contributed by atoms with E-state index >= 15 is 4.39 Å². The maximum absolute atomic E-state index is 15.6. The van der Waals surface area contributed by atoms with Crippen molar-refractivity contribution in [2.24, 2.45) is 0 Å². The molecule has 13 heteroatoms. The van der Waals surface area contributed by atoms with Crippen molar-refractivity contribution >= 4 is 11.0 Å². The maximum Gasteiger partial charge on any atom is 0.329 e. The van der Waals surface area contributed by atoms with Crippen LogP contribution in [0.4, 0.5) is 13.2 Å². The van der Waals surface area contributed by atoms with Crippen LogP contribution in [0, 0.1) is 5.82 Å². The molecule has 4 aromatic heterocycles. The standard InChI is InChI=1S/C29H26F3N7O3/c30-23-11-24-25(10-22(23)17-5-7-33-8-6-17)39(20-2-1-9-37(14-20)21-15-41-16-21)29(40)38(24)13-19-4-3-18(12-34-19)27-35-36-28(42-27)26(31)32/h3-8,10-12,20-21,26H,1-2,9,13-16H2/t20-/m1/s1. The van der Waals surface area contributed by atoms with Crippen molar-refractivity contribution in [1.82, 2.24) is 34.2 Å². The molecule has 0 bridgehead atoms. The highest BCUT2D eigenvalue weighted by Gasteiger charge is 2.33. The Morgan fingerprint density at radius 1 is 1.00 bits per heavy atom. The van der Waals surface area contributed by atoms with Gasteiger partial charge in [-0.05, 0) is 55.3 Å². The van der Waals surface area contributed by atoms with Crippen LogP contribution in [-0.4, -0.2) is 66.5 Å². The van der Waals surface area contributed by atoms with Gasteiger partial charge in [0, 0.05) is 36.8 Å². The van der Waals surface area contributed by atoms with Gasteiger partial charge in [0.05, 0.1) is 54.1 Å². The molecule has 0 radical (unpaired) electrons. The van der Waals surface area contributed by atoms with Crippen LogP contribution in [-0.2, 0) is 11.3 Å². The number of nitrogens with zero attached hydrogens (tertiary/aromatic N) is 7. The van der Waals surface area contributed by atoms with E-state index in [1.165, 1.54) is 16.8 Å².